The lowest BCUT2D eigenvalue weighted by atomic mass is 10.1. The molecule has 0 spiro atoms. The number of carbonyl (C=O) groups excluding carboxylic acids is 1. The van der Waals surface area contributed by atoms with Gasteiger partial charge in [0, 0.05) is 6.07 Å². The molecular formula is C14H9ClF3NO. The van der Waals surface area contributed by atoms with Crippen LogP contribution in [-0.4, -0.2) is 5.91 Å². The highest BCUT2D eigenvalue weighted by atomic mass is 35.5. The van der Waals surface area contributed by atoms with Gasteiger partial charge >= 0.3 is 0 Å². The molecule has 0 bridgehead atoms. The van der Waals surface area contributed by atoms with Crippen molar-refractivity contribution in [3.05, 3.63) is 63.9 Å². The first-order valence-electron chi connectivity index (χ1n) is 5.60. The maximum absolute atomic E-state index is 13.5. The zero-order valence-electron chi connectivity index (χ0n) is 10.3. The minimum Gasteiger partial charge on any atom is -0.318 e. The molecule has 0 saturated carbocycles. The van der Waals surface area contributed by atoms with Gasteiger partial charge in [-0.1, -0.05) is 23.2 Å². The van der Waals surface area contributed by atoms with Crippen molar-refractivity contribution in [3.8, 4) is 0 Å². The van der Waals surface area contributed by atoms with Crippen molar-refractivity contribution < 1.29 is 18.0 Å². The number of carbonyl (C=O) groups is 1. The highest BCUT2D eigenvalue weighted by Crippen LogP contribution is 2.27. The van der Waals surface area contributed by atoms with E-state index in [1.807, 2.05) is 0 Å². The zero-order valence-corrected chi connectivity index (χ0v) is 11.1. The third-order valence-corrected chi connectivity index (χ3v) is 2.91. The van der Waals surface area contributed by atoms with E-state index in [-0.39, 0.29) is 16.3 Å². The van der Waals surface area contributed by atoms with E-state index in [2.05, 4.69) is 5.32 Å². The number of hydrogen-bond donors (Lipinski definition) is 1. The van der Waals surface area contributed by atoms with Crippen LogP contribution in [-0.2, 0) is 0 Å². The second kappa shape index (κ2) is 5.54. The fourth-order valence-electron chi connectivity index (χ4n) is 1.66. The minimum absolute atomic E-state index is 0.246. The number of hydrogen-bond acceptors (Lipinski definition) is 1. The number of amides is 1. The van der Waals surface area contributed by atoms with Crippen LogP contribution in [0.2, 0.25) is 5.02 Å². The Balaban J connectivity index is 2.35. The molecule has 2 aromatic rings. The van der Waals surface area contributed by atoms with Crippen molar-refractivity contribution in [2.24, 2.45) is 0 Å². The number of aryl methyl sites for hydroxylation is 1. The molecule has 0 unspecified atom stereocenters. The van der Waals surface area contributed by atoms with Crippen molar-refractivity contribution in [2.75, 3.05) is 5.32 Å². The quantitative estimate of drug-likeness (QED) is 0.879. The Morgan fingerprint density at radius 2 is 1.80 bits per heavy atom. The van der Waals surface area contributed by atoms with Crippen LogP contribution in [0.5, 0.6) is 0 Å². The summed E-state index contributed by atoms with van der Waals surface area (Å²) in [6.07, 6.45) is 0. The van der Waals surface area contributed by atoms with Crippen molar-refractivity contribution in [2.45, 2.75) is 6.92 Å². The Morgan fingerprint density at radius 3 is 2.45 bits per heavy atom. The fourth-order valence-corrected chi connectivity index (χ4v) is 1.90. The van der Waals surface area contributed by atoms with Gasteiger partial charge in [0.1, 0.15) is 11.6 Å². The SMILES string of the molecule is Cc1ccc(F)c(C(=O)Nc2c(F)cc(F)cc2Cl)c1. The van der Waals surface area contributed by atoms with Gasteiger partial charge in [-0.3, -0.25) is 4.79 Å². The van der Waals surface area contributed by atoms with E-state index in [0.717, 1.165) is 12.1 Å². The van der Waals surface area contributed by atoms with Crippen LogP contribution >= 0.6 is 11.6 Å². The lowest BCUT2D eigenvalue weighted by Gasteiger charge is -2.09. The topological polar surface area (TPSA) is 29.1 Å². The predicted molar refractivity (Wildman–Crippen MR) is 70.5 cm³/mol. The summed E-state index contributed by atoms with van der Waals surface area (Å²) in [5.74, 6) is -3.51. The predicted octanol–water partition coefficient (Wildman–Crippen LogP) is 4.32. The molecule has 2 rings (SSSR count). The second-order valence-electron chi connectivity index (χ2n) is 4.18. The maximum atomic E-state index is 13.5. The molecule has 2 nitrogen and oxygen atoms in total. The molecule has 0 aromatic heterocycles. The Hall–Kier alpha value is -2.01. The average molecular weight is 300 g/mol. The molecule has 104 valence electrons. The zero-order chi connectivity index (χ0) is 14.9. The third-order valence-electron chi connectivity index (χ3n) is 2.61. The van der Waals surface area contributed by atoms with Gasteiger partial charge in [0.05, 0.1) is 16.3 Å². The lowest BCUT2D eigenvalue weighted by molar-refractivity contribution is 0.102. The van der Waals surface area contributed by atoms with E-state index >= 15 is 0 Å². The number of halogens is 4. The molecule has 0 saturated heterocycles. The number of nitrogens with one attached hydrogen (secondary N) is 1. The molecule has 0 atom stereocenters. The second-order valence-corrected chi connectivity index (χ2v) is 4.59. The maximum Gasteiger partial charge on any atom is 0.258 e. The number of benzene rings is 2. The van der Waals surface area contributed by atoms with E-state index in [4.69, 9.17) is 11.6 Å². The highest BCUT2D eigenvalue weighted by Gasteiger charge is 2.17. The van der Waals surface area contributed by atoms with Crippen molar-refractivity contribution in [3.63, 3.8) is 0 Å². The number of anilines is 1. The van der Waals surface area contributed by atoms with E-state index in [9.17, 15) is 18.0 Å². The van der Waals surface area contributed by atoms with Gasteiger partial charge in [0.2, 0.25) is 0 Å². The van der Waals surface area contributed by atoms with Crippen LogP contribution in [0.1, 0.15) is 15.9 Å². The van der Waals surface area contributed by atoms with Gasteiger partial charge in [-0.05, 0) is 25.1 Å². The van der Waals surface area contributed by atoms with Gasteiger partial charge in [0.15, 0.2) is 5.82 Å². The minimum atomic E-state index is -1.03. The van der Waals surface area contributed by atoms with Gasteiger partial charge in [0.25, 0.3) is 5.91 Å². The molecule has 2 aromatic carbocycles. The van der Waals surface area contributed by atoms with Gasteiger partial charge in [-0.15, -0.1) is 0 Å². The van der Waals surface area contributed by atoms with Gasteiger partial charge < -0.3 is 5.32 Å². The summed E-state index contributed by atoms with van der Waals surface area (Å²) in [5, 5.41) is 1.84. The third kappa shape index (κ3) is 2.93. The van der Waals surface area contributed by atoms with E-state index in [1.165, 1.54) is 12.1 Å². The molecule has 0 radical (unpaired) electrons. The Morgan fingerprint density at radius 1 is 1.10 bits per heavy atom. The van der Waals surface area contributed by atoms with Crippen LogP contribution in [0.25, 0.3) is 0 Å². The van der Waals surface area contributed by atoms with E-state index in [0.29, 0.717) is 11.6 Å². The molecule has 0 aliphatic rings. The molecule has 0 aliphatic heterocycles. The molecule has 0 heterocycles. The molecule has 1 N–H and O–H groups in total. The van der Waals surface area contributed by atoms with Crippen LogP contribution in [0, 0.1) is 24.4 Å². The standard InChI is InChI=1S/C14H9ClF3NO/c1-7-2-3-11(17)9(4-7)14(20)19-13-10(15)5-8(16)6-12(13)18/h2-6H,1H3,(H,19,20). The van der Waals surface area contributed by atoms with E-state index in [1.54, 1.807) is 6.92 Å². The Kier molecular flexibility index (Phi) is 3.99. The smallest absolute Gasteiger partial charge is 0.258 e. The van der Waals surface area contributed by atoms with Crippen LogP contribution in [0.4, 0.5) is 18.9 Å². The number of rotatable bonds is 2. The lowest BCUT2D eigenvalue weighted by Crippen LogP contribution is -2.15. The summed E-state index contributed by atoms with van der Waals surface area (Å²) in [5.41, 5.74) is 0.0333. The molecule has 0 aliphatic carbocycles. The van der Waals surface area contributed by atoms with Crippen LogP contribution in [0.3, 0.4) is 0 Å². The highest BCUT2D eigenvalue weighted by molar-refractivity contribution is 6.34. The normalized spacial score (nSPS) is 10.4. The van der Waals surface area contributed by atoms with Crippen molar-refractivity contribution in [1.82, 2.24) is 0 Å². The van der Waals surface area contributed by atoms with Gasteiger partial charge in [-0.2, -0.15) is 0 Å². The molecule has 0 fully saturated rings. The summed E-state index contributed by atoms with van der Waals surface area (Å²) >= 11 is 5.65. The van der Waals surface area contributed by atoms with E-state index < -0.39 is 23.4 Å². The van der Waals surface area contributed by atoms with Crippen molar-refractivity contribution >= 4 is 23.2 Å². The first-order valence-corrected chi connectivity index (χ1v) is 5.98. The molecule has 6 heteroatoms. The Bertz CT molecular complexity index is 665. The van der Waals surface area contributed by atoms with Gasteiger partial charge in [-0.25, -0.2) is 13.2 Å². The summed E-state index contributed by atoms with van der Waals surface area (Å²) in [7, 11) is 0. The first kappa shape index (κ1) is 14.4. The monoisotopic (exact) mass is 299 g/mol. The Labute approximate surface area is 118 Å². The molecule has 20 heavy (non-hydrogen) atoms. The van der Waals surface area contributed by atoms with Crippen LogP contribution in [0.15, 0.2) is 30.3 Å². The fraction of sp³-hybridized carbons (Fsp3) is 0.0714. The van der Waals surface area contributed by atoms with Crippen molar-refractivity contribution in [1.29, 1.82) is 0 Å². The average Bonchev–Trinajstić information content (AvgIpc) is 2.36. The summed E-state index contributed by atoms with van der Waals surface area (Å²) in [4.78, 5) is 11.9. The summed E-state index contributed by atoms with van der Waals surface area (Å²) in [6, 6.07) is 5.38. The summed E-state index contributed by atoms with van der Waals surface area (Å²) < 4.78 is 40.0. The van der Waals surface area contributed by atoms with Crippen LogP contribution < -0.4 is 5.32 Å². The molecular weight excluding hydrogens is 291 g/mol. The summed E-state index contributed by atoms with van der Waals surface area (Å²) in [6.45, 7) is 1.68. The molecule has 1 amide bonds. The largest absolute Gasteiger partial charge is 0.318 e. The first-order chi connectivity index (χ1) is 9.38.